The van der Waals surface area contributed by atoms with E-state index >= 15 is 0 Å². The molecule has 0 amide bonds. The van der Waals surface area contributed by atoms with Crippen LogP contribution in [0.5, 0.6) is 0 Å². The molecule has 0 bridgehead atoms. The molecule has 1 rings (SSSR count). The fourth-order valence-corrected chi connectivity index (χ4v) is 2.96. The third kappa shape index (κ3) is 5.52. The number of ether oxygens (including phenoxy) is 1. The van der Waals surface area contributed by atoms with Crippen molar-refractivity contribution in [1.82, 2.24) is 0 Å². The third-order valence-electron chi connectivity index (χ3n) is 1.95. The molecule has 0 aromatic carbocycles. The van der Waals surface area contributed by atoms with Gasteiger partial charge in [0, 0.05) is 0 Å². The van der Waals surface area contributed by atoms with Gasteiger partial charge >= 0.3 is 15.6 Å². The monoisotopic (exact) mass is 276 g/mol. The van der Waals surface area contributed by atoms with Crippen molar-refractivity contribution < 1.29 is 37.4 Å². The quantitative estimate of drug-likeness (QED) is 0.629. The molecule has 10 heteroatoms. The second-order valence-corrected chi connectivity index (χ2v) is 6.31. The second-order valence-electron chi connectivity index (χ2n) is 3.48. The summed E-state index contributed by atoms with van der Waals surface area (Å²) in [6.45, 7) is 1.61. The summed E-state index contributed by atoms with van der Waals surface area (Å²) in [5.41, 5.74) is 0. The third-order valence-corrected chi connectivity index (χ3v) is 4.10. The summed E-state index contributed by atoms with van der Waals surface area (Å²) in [5.74, 6) is 0. The van der Waals surface area contributed by atoms with Crippen LogP contribution in [0, 0.1) is 0 Å². The van der Waals surface area contributed by atoms with Crippen LogP contribution in [0.3, 0.4) is 0 Å². The van der Waals surface area contributed by atoms with Gasteiger partial charge in [-0.15, -0.1) is 0 Å². The molecule has 0 aromatic rings. The predicted octanol–water partition coefficient (Wildman–Crippen LogP) is 0.780. The van der Waals surface area contributed by atoms with Crippen molar-refractivity contribution in [2.24, 2.45) is 0 Å². The summed E-state index contributed by atoms with van der Waals surface area (Å²) in [4.78, 5) is 25.6. The van der Waals surface area contributed by atoms with Crippen molar-refractivity contribution in [3.8, 4) is 0 Å². The molecule has 1 unspecified atom stereocenters. The van der Waals surface area contributed by atoms with Crippen molar-refractivity contribution in [3.63, 3.8) is 0 Å². The van der Waals surface area contributed by atoms with Crippen molar-refractivity contribution in [2.75, 3.05) is 6.61 Å². The lowest BCUT2D eigenvalue weighted by Crippen LogP contribution is -2.15. The fraction of sp³-hybridized carbons (Fsp3) is 1.00. The van der Waals surface area contributed by atoms with Crippen LogP contribution in [0.2, 0.25) is 0 Å². The van der Waals surface area contributed by atoms with E-state index in [9.17, 15) is 9.13 Å². The first-order valence-electron chi connectivity index (χ1n) is 4.58. The zero-order chi connectivity index (χ0) is 12.4. The molecule has 1 fully saturated rings. The summed E-state index contributed by atoms with van der Waals surface area (Å²) >= 11 is 0. The van der Waals surface area contributed by atoms with Crippen LogP contribution >= 0.6 is 15.6 Å². The van der Waals surface area contributed by atoms with Gasteiger partial charge in [-0.25, -0.2) is 9.13 Å². The fourth-order valence-electron chi connectivity index (χ4n) is 1.34. The molecule has 0 radical (unpaired) electrons. The van der Waals surface area contributed by atoms with Crippen LogP contribution in [-0.4, -0.2) is 33.5 Å². The zero-order valence-electron chi connectivity index (χ0n) is 8.55. The molecule has 96 valence electrons. The van der Waals surface area contributed by atoms with Gasteiger partial charge in [0.2, 0.25) is 0 Å². The molecular formula is C6H14O8P2. The standard InChI is InChI=1S/C6H14O8P2/c1-5-2-3-6(13-5)4-12-16(10,11)14-15(7,8)9/h5-6H,2-4H2,1H3,(H,10,11)(H2,7,8,9)/t5-,6-/m0/s1. The maximum atomic E-state index is 11.0. The first-order valence-corrected chi connectivity index (χ1v) is 7.60. The van der Waals surface area contributed by atoms with Crippen molar-refractivity contribution in [3.05, 3.63) is 0 Å². The van der Waals surface area contributed by atoms with Gasteiger partial charge < -0.3 is 19.4 Å². The first-order chi connectivity index (χ1) is 7.18. The normalized spacial score (nSPS) is 30.2. The van der Waals surface area contributed by atoms with Crippen molar-refractivity contribution >= 4 is 15.6 Å². The molecule has 0 aliphatic carbocycles. The molecule has 1 aliphatic rings. The Kier molecular flexibility index (Phi) is 4.68. The lowest BCUT2D eigenvalue weighted by molar-refractivity contribution is 0.0184. The number of phosphoric acid groups is 2. The molecule has 0 saturated carbocycles. The highest BCUT2D eigenvalue weighted by Crippen LogP contribution is 2.57. The molecular weight excluding hydrogens is 262 g/mol. The Hall–Kier alpha value is 0.220. The van der Waals surface area contributed by atoms with Crippen molar-refractivity contribution in [1.29, 1.82) is 0 Å². The van der Waals surface area contributed by atoms with E-state index < -0.39 is 15.6 Å². The Bertz CT molecular complexity index is 324. The van der Waals surface area contributed by atoms with Crippen LogP contribution in [0.25, 0.3) is 0 Å². The lowest BCUT2D eigenvalue weighted by atomic mass is 10.2. The number of phosphoric ester groups is 1. The highest BCUT2D eigenvalue weighted by molar-refractivity contribution is 7.60. The van der Waals surface area contributed by atoms with E-state index in [-0.39, 0.29) is 18.8 Å². The minimum Gasteiger partial charge on any atom is -0.373 e. The Morgan fingerprint density at radius 2 is 1.94 bits per heavy atom. The lowest BCUT2D eigenvalue weighted by Gasteiger charge is -2.15. The molecule has 3 N–H and O–H groups in total. The number of hydrogen-bond donors (Lipinski definition) is 3. The molecule has 0 spiro atoms. The number of rotatable bonds is 5. The topological polar surface area (TPSA) is 123 Å². The van der Waals surface area contributed by atoms with Gasteiger partial charge in [0.05, 0.1) is 18.8 Å². The second kappa shape index (κ2) is 5.25. The average Bonchev–Trinajstić information content (AvgIpc) is 2.44. The molecule has 1 aliphatic heterocycles. The van der Waals surface area contributed by atoms with Crippen LogP contribution in [0.15, 0.2) is 0 Å². The smallest absolute Gasteiger partial charge is 0.373 e. The largest absolute Gasteiger partial charge is 0.481 e. The Balaban J connectivity index is 2.36. The summed E-state index contributed by atoms with van der Waals surface area (Å²) < 4.78 is 34.7. The van der Waals surface area contributed by atoms with Gasteiger partial charge in [-0.05, 0) is 19.8 Å². The molecule has 0 aromatic heterocycles. The highest BCUT2D eigenvalue weighted by Gasteiger charge is 2.34. The van der Waals surface area contributed by atoms with Crippen LogP contribution < -0.4 is 0 Å². The minimum atomic E-state index is -5.04. The molecule has 16 heavy (non-hydrogen) atoms. The summed E-state index contributed by atoms with van der Waals surface area (Å²) in [6.07, 6.45) is 1.17. The van der Waals surface area contributed by atoms with E-state index in [1.807, 2.05) is 6.92 Å². The maximum absolute atomic E-state index is 11.0. The number of hydrogen-bond acceptors (Lipinski definition) is 5. The van der Waals surface area contributed by atoms with Crippen molar-refractivity contribution in [2.45, 2.75) is 32.0 Å². The summed E-state index contributed by atoms with van der Waals surface area (Å²) in [5, 5.41) is 0. The molecule has 3 atom stereocenters. The van der Waals surface area contributed by atoms with E-state index in [1.54, 1.807) is 0 Å². The molecule has 1 heterocycles. The van der Waals surface area contributed by atoms with E-state index in [0.29, 0.717) is 6.42 Å². The summed E-state index contributed by atoms with van der Waals surface area (Å²) in [7, 11) is -9.77. The highest BCUT2D eigenvalue weighted by atomic mass is 31.3. The van der Waals surface area contributed by atoms with Gasteiger partial charge in [0.25, 0.3) is 0 Å². The van der Waals surface area contributed by atoms with E-state index in [4.69, 9.17) is 19.4 Å². The Morgan fingerprint density at radius 3 is 2.38 bits per heavy atom. The van der Waals surface area contributed by atoms with Crippen LogP contribution in [0.1, 0.15) is 19.8 Å². The first kappa shape index (κ1) is 14.3. The van der Waals surface area contributed by atoms with E-state index in [1.165, 1.54) is 0 Å². The van der Waals surface area contributed by atoms with E-state index in [2.05, 4.69) is 8.83 Å². The Labute approximate surface area is 92.4 Å². The predicted molar refractivity (Wildman–Crippen MR) is 52.5 cm³/mol. The van der Waals surface area contributed by atoms with Gasteiger partial charge in [-0.3, -0.25) is 4.52 Å². The summed E-state index contributed by atoms with van der Waals surface area (Å²) in [6, 6.07) is 0. The average molecular weight is 276 g/mol. The zero-order valence-corrected chi connectivity index (χ0v) is 10.3. The van der Waals surface area contributed by atoms with Gasteiger partial charge in [0.15, 0.2) is 0 Å². The van der Waals surface area contributed by atoms with Gasteiger partial charge in [0.1, 0.15) is 0 Å². The van der Waals surface area contributed by atoms with Gasteiger partial charge in [-0.2, -0.15) is 4.31 Å². The van der Waals surface area contributed by atoms with Crippen LogP contribution in [-0.2, 0) is 22.7 Å². The van der Waals surface area contributed by atoms with Gasteiger partial charge in [-0.1, -0.05) is 0 Å². The molecule has 1 saturated heterocycles. The Morgan fingerprint density at radius 1 is 1.31 bits per heavy atom. The van der Waals surface area contributed by atoms with Crippen LogP contribution in [0.4, 0.5) is 0 Å². The minimum absolute atomic E-state index is 0.0504. The maximum Gasteiger partial charge on any atom is 0.481 e. The SMILES string of the molecule is C[C@H]1CC[C@@H](COP(=O)(O)OP(=O)(O)O)O1. The molecule has 8 nitrogen and oxygen atoms in total. The van der Waals surface area contributed by atoms with E-state index in [0.717, 1.165) is 6.42 Å².